The molecule has 0 spiro atoms. The summed E-state index contributed by atoms with van der Waals surface area (Å²) in [4.78, 5) is 10.4. The zero-order valence-corrected chi connectivity index (χ0v) is 11.3. The van der Waals surface area contributed by atoms with E-state index in [1.54, 1.807) is 6.92 Å². The fourth-order valence-corrected chi connectivity index (χ4v) is 1.78. The van der Waals surface area contributed by atoms with E-state index in [0.717, 1.165) is 0 Å². The molecule has 0 saturated carbocycles. The fourth-order valence-electron chi connectivity index (χ4n) is 1.20. The summed E-state index contributed by atoms with van der Waals surface area (Å²) in [6, 6.07) is 3.01. The molecule has 1 aromatic carbocycles. The van der Waals surface area contributed by atoms with E-state index >= 15 is 0 Å². The quantitative estimate of drug-likeness (QED) is 0.825. The van der Waals surface area contributed by atoms with Crippen molar-refractivity contribution in [3.05, 3.63) is 27.2 Å². The van der Waals surface area contributed by atoms with Crippen LogP contribution in [0.1, 0.15) is 19.8 Å². The largest absolute Gasteiger partial charge is 0.489 e. The second-order valence-electron chi connectivity index (χ2n) is 3.56. The number of carbonyl (C=O) groups is 1. The molecule has 0 aliphatic carbocycles. The number of rotatable bonds is 5. The van der Waals surface area contributed by atoms with Crippen LogP contribution in [0.5, 0.6) is 5.75 Å². The zero-order chi connectivity index (χ0) is 13.0. The van der Waals surface area contributed by atoms with Crippen LogP contribution in [0.25, 0.3) is 0 Å². The summed E-state index contributed by atoms with van der Waals surface area (Å²) >= 11 is 17.5. The van der Waals surface area contributed by atoms with E-state index in [0.29, 0.717) is 27.2 Å². The van der Waals surface area contributed by atoms with Gasteiger partial charge in [0.1, 0.15) is 5.75 Å². The van der Waals surface area contributed by atoms with Gasteiger partial charge in [-0.2, -0.15) is 0 Å². The molecule has 1 aromatic rings. The van der Waals surface area contributed by atoms with Crippen LogP contribution in [0.2, 0.25) is 15.1 Å². The number of benzene rings is 1. The van der Waals surface area contributed by atoms with Crippen molar-refractivity contribution < 1.29 is 14.6 Å². The van der Waals surface area contributed by atoms with Crippen LogP contribution in [0, 0.1) is 0 Å². The molecular weight excluding hydrogens is 286 g/mol. The van der Waals surface area contributed by atoms with Crippen LogP contribution in [-0.4, -0.2) is 17.2 Å². The summed E-state index contributed by atoms with van der Waals surface area (Å²) in [5.74, 6) is -0.459. The molecule has 0 heterocycles. The maximum Gasteiger partial charge on any atom is 0.303 e. The third kappa shape index (κ3) is 4.62. The van der Waals surface area contributed by atoms with Gasteiger partial charge in [-0.25, -0.2) is 0 Å². The van der Waals surface area contributed by atoms with E-state index in [2.05, 4.69) is 0 Å². The minimum Gasteiger partial charge on any atom is -0.489 e. The smallest absolute Gasteiger partial charge is 0.303 e. The molecule has 3 nitrogen and oxygen atoms in total. The Balaban J connectivity index is 2.68. The monoisotopic (exact) mass is 296 g/mol. The molecule has 1 unspecified atom stereocenters. The highest BCUT2D eigenvalue weighted by Crippen LogP contribution is 2.34. The van der Waals surface area contributed by atoms with Gasteiger partial charge in [0, 0.05) is 12.5 Å². The van der Waals surface area contributed by atoms with Gasteiger partial charge in [0.05, 0.1) is 21.2 Å². The van der Waals surface area contributed by atoms with Gasteiger partial charge in [-0.15, -0.1) is 0 Å². The van der Waals surface area contributed by atoms with Crippen molar-refractivity contribution in [2.24, 2.45) is 0 Å². The first-order chi connectivity index (χ1) is 7.90. The molecule has 1 rings (SSSR count). The van der Waals surface area contributed by atoms with Crippen LogP contribution in [0.3, 0.4) is 0 Å². The molecule has 0 radical (unpaired) electrons. The highest BCUT2D eigenvalue weighted by molar-refractivity contribution is 6.43. The normalized spacial score (nSPS) is 12.2. The molecule has 6 heteroatoms. The second-order valence-corrected chi connectivity index (χ2v) is 4.78. The van der Waals surface area contributed by atoms with Crippen molar-refractivity contribution in [2.45, 2.75) is 25.9 Å². The summed E-state index contributed by atoms with van der Waals surface area (Å²) in [7, 11) is 0. The first-order valence-electron chi connectivity index (χ1n) is 4.93. The average Bonchev–Trinajstić information content (AvgIpc) is 2.23. The molecule has 0 bridgehead atoms. The third-order valence-electron chi connectivity index (χ3n) is 2.07. The lowest BCUT2D eigenvalue weighted by molar-refractivity contribution is -0.137. The standard InChI is InChI=1S/C11H11Cl3O3/c1-6(2-3-11(15)16)17-10-5-8(13)7(12)4-9(10)14/h4-6H,2-3H2,1H3,(H,15,16). The number of hydrogen-bond acceptors (Lipinski definition) is 2. The molecule has 1 N–H and O–H groups in total. The lowest BCUT2D eigenvalue weighted by Gasteiger charge is -2.15. The number of carboxylic acids is 1. The number of hydrogen-bond donors (Lipinski definition) is 1. The Labute approximate surface area is 114 Å². The average molecular weight is 298 g/mol. The van der Waals surface area contributed by atoms with Gasteiger partial charge in [-0.3, -0.25) is 4.79 Å². The molecule has 17 heavy (non-hydrogen) atoms. The van der Waals surface area contributed by atoms with Gasteiger partial charge in [-0.1, -0.05) is 34.8 Å². The van der Waals surface area contributed by atoms with Crippen molar-refractivity contribution in [3.8, 4) is 5.75 Å². The summed E-state index contributed by atoms with van der Waals surface area (Å²) in [6.07, 6.45) is 0.173. The first kappa shape index (κ1) is 14.4. The van der Waals surface area contributed by atoms with Gasteiger partial charge < -0.3 is 9.84 Å². The van der Waals surface area contributed by atoms with Gasteiger partial charge in [0.25, 0.3) is 0 Å². The van der Waals surface area contributed by atoms with Gasteiger partial charge >= 0.3 is 5.97 Å². The van der Waals surface area contributed by atoms with Crippen LogP contribution in [0.15, 0.2) is 12.1 Å². The van der Waals surface area contributed by atoms with Crippen molar-refractivity contribution in [1.82, 2.24) is 0 Å². The van der Waals surface area contributed by atoms with Crippen LogP contribution in [-0.2, 0) is 4.79 Å². The minimum atomic E-state index is -0.860. The Morgan fingerprint density at radius 2 is 1.88 bits per heavy atom. The highest BCUT2D eigenvalue weighted by Gasteiger charge is 2.11. The van der Waals surface area contributed by atoms with Gasteiger partial charge in [0.15, 0.2) is 0 Å². The van der Waals surface area contributed by atoms with Crippen LogP contribution >= 0.6 is 34.8 Å². The van der Waals surface area contributed by atoms with E-state index in [4.69, 9.17) is 44.6 Å². The lowest BCUT2D eigenvalue weighted by Crippen LogP contribution is -2.13. The predicted octanol–water partition coefficient (Wildman–Crippen LogP) is 4.28. The molecule has 94 valence electrons. The van der Waals surface area contributed by atoms with Crippen molar-refractivity contribution in [3.63, 3.8) is 0 Å². The van der Waals surface area contributed by atoms with E-state index in [-0.39, 0.29) is 12.5 Å². The topological polar surface area (TPSA) is 46.5 Å². The number of halogens is 3. The predicted molar refractivity (Wildman–Crippen MR) is 68.4 cm³/mol. The molecule has 0 fully saturated rings. The Morgan fingerprint density at radius 1 is 1.29 bits per heavy atom. The maximum atomic E-state index is 10.4. The zero-order valence-electron chi connectivity index (χ0n) is 9.04. The number of carboxylic acid groups (broad SMARTS) is 1. The van der Waals surface area contributed by atoms with E-state index < -0.39 is 5.97 Å². The first-order valence-corrected chi connectivity index (χ1v) is 6.06. The van der Waals surface area contributed by atoms with Gasteiger partial charge in [-0.05, 0) is 19.4 Å². The molecule has 0 aliphatic heterocycles. The van der Waals surface area contributed by atoms with Gasteiger partial charge in [0.2, 0.25) is 0 Å². The third-order valence-corrected chi connectivity index (χ3v) is 3.09. The SMILES string of the molecule is CC(CCC(=O)O)Oc1cc(Cl)c(Cl)cc1Cl. The van der Waals surface area contributed by atoms with Crippen LogP contribution in [0.4, 0.5) is 0 Å². The fraction of sp³-hybridized carbons (Fsp3) is 0.364. The van der Waals surface area contributed by atoms with Crippen molar-refractivity contribution >= 4 is 40.8 Å². The minimum absolute atomic E-state index is 0.0418. The second kappa shape index (κ2) is 6.34. The van der Waals surface area contributed by atoms with E-state index in [1.807, 2.05) is 0 Å². The molecule has 0 amide bonds. The Kier molecular flexibility index (Phi) is 5.37. The van der Waals surface area contributed by atoms with Crippen LogP contribution < -0.4 is 4.74 Å². The molecule has 0 aromatic heterocycles. The Bertz CT molecular complexity index is 421. The number of ether oxygens (including phenoxy) is 1. The highest BCUT2D eigenvalue weighted by atomic mass is 35.5. The molecule has 0 saturated heterocycles. The summed E-state index contributed by atoms with van der Waals surface area (Å²) in [5.41, 5.74) is 0. The molecule has 0 aliphatic rings. The van der Waals surface area contributed by atoms with Crippen molar-refractivity contribution in [2.75, 3.05) is 0 Å². The number of aliphatic carboxylic acids is 1. The molecule has 1 atom stereocenters. The Morgan fingerprint density at radius 3 is 2.47 bits per heavy atom. The maximum absolute atomic E-state index is 10.4. The summed E-state index contributed by atoms with van der Waals surface area (Å²) in [5, 5.41) is 9.59. The van der Waals surface area contributed by atoms with E-state index in [1.165, 1.54) is 12.1 Å². The Hall–Kier alpha value is -0.640. The van der Waals surface area contributed by atoms with E-state index in [9.17, 15) is 4.79 Å². The molecular formula is C11H11Cl3O3. The van der Waals surface area contributed by atoms with Crippen molar-refractivity contribution in [1.29, 1.82) is 0 Å². The summed E-state index contributed by atoms with van der Waals surface area (Å²) in [6.45, 7) is 1.77. The summed E-state index contributed by atoms with van der Waals surface area (Å²) < 4.78 is 5.49. The lowest BCUT2D eigenvalue weighted by atomic mass is 10.2.